The molecule has 0 amide bonds. The highest BCUT2D eigenvalue weighted by Gasteiger charge is 2.50. The molecule has 7 atom stereocenters. The zero-order valence-corrected chi connectivity index (χ0v) is 30.5. The number of allylic oxidation sites excluding steroid dienone is 3. The smallest absolute Gasteiger partial charge is 0.316 e. The molecular formula is C35H61BrO4Si. The molecule has 0 bridgehead atoms. The highest BCUT2D eigenvalue weighted by molar-refractivity contribution is 9.09. The second-order valence-corrected chi connectivity index (χ2v) is 21.5. The maximum atomic E-state index is 12.2. The van der Waals surface area contributed by atoms with Crippen molar-refractivity contribution >= 4 is 30.2 Å². The number of ether oxygens (including phenoxy) is 1. The fourth-order valence-corrected chi connectivity index (χ4v) is 9.50. The lowest BCUT2D eigenvalue weighted by atomic mass is 9.60. The maximum absolute atomic E-state index is 12.2. The van der Waals surface area contributed by atoms with Crippen LogP contribution >= 0.6 is 15.9 Å². The van der Waals surface area contributed by atoms with E-state index < -0.39 is 13.9 Å². The number of rotatable bonds is 10. The summed E-state index contributed by atoms with van der Waals surface area (Å²) >= 11 is 3.28. The summed E-state index contributed by atoms with van der Waals surface area (Å²) in [4.78, 5) is 12.2. The minimum absolute atomic E-state index is 0.0691. The summed E-state index contributed by atoms with van der Waals surface area (Å²) in [7, 11) is -1.97. The van der Waals surface area contributed by atoms with Crippen LogP contribution in [-0.4, -0.2) is 42.5 Å². The Bertz CT molecular complexity index is 958. The van der Waals surface area contributed by atoms with Crippen LogP contribution in [0.4, 0.5) is 0 Å². The molecule has 1 N–H and O–H groups in total. The van der Waals surface area contributed by atoms with E-state index in [1.54, 1.807) is 5.57 Å². The molecule has 0 aliphatic heterocycles. The van der Waals surface area contributed by atoms with Crippen LogP contribution in [-0.2, 0) is 14.0 Å². The van der Waals surface area contributed by atoms with E-state index in [0.717, 1.165) is 31.6 Å². The number of aliphatic hydroxyl groups is 1. The number of halogens is 1. The third-order valence-electron chi connectivity index (χ3n) is 11.4. The second kappa shape index (κ2) is 13.7. The van der Waals surface area contributed by atoms with Gasteiger partial charge in [-0.2, -0.15) is 0 Å². The Morgan fingerprint density at radius 1 is 1.17 bits per heavy atom. The Morgan fingerprint density at radius 3 is 2.44 bits per heavy atom. The fraction of sp³-hybridized carbons (Fsp3) is 0.857. The molecule has 3 fully saturated rings. The van der Waals surface area contributed by atoms with E-state index in [1.807, 2.05) is 13.8 Å². The maximum Gasteiger partial charge on any atom is 0.316 e. The summed E-state index contributed by atoms with van der Waals surface area (Å²) in [6, 6.07) is 0. The van der Waals surface area contributed by atoms with Gasteiger partial charge in [-0.1, -0.05) is 93.6 Å². The first-order valence-electron chi connectivity index (χ1n) is 16.4. The van der Waals surface area contributed by atoms with Gasteiger partial charge in [0.25, 0.3) is 0 Å². The van der Waals surface area contributed by atoms with Crippen LogP contribution in [0.15, 0.2) is 23.3 Å². The number of carbonyl (C=O) groups is 1. The van der Waals surface area contributed by atoms with Gasteiger partial charge in [-0.05, 0) is 93.7 Å². The van der Waals surface area contributed by atoms with Gasteiger partial charge >= 0.3 is 5.97 Å². The summed E-state index contributed by atoms with van der Waals surface area (Å²) in [5.74, 6) is 2.23. The Labute approximate surface area is 261 Å². The van der Waals surface area contributed by atoms with E-state index >= 15 is 0 Å². The molecule has 3 rings (SSSR count). The van der Waals surface area contributed by atoms with Crippen LogP contribution in [0, 0.1) is 29.1 Å². The fourth-order valence-electron chi connectivity index (χ4n) is 7.95. The first kappa shape index (κ1) is 35.1. The summed E-state index contributed by atoms with van der Waals surface area (Å²) < 4.78 is 12.9. The molecule has 4 nitrogen and oxygen atoms in total. The van der Waals surface area contributed by atoms with Crippen LogP contribution in [0.1, 0.15) is 120 Å². The molecule has 3 aliphatic carbocycles. The first-order valence-corrected chi connectivity index (χ1v) is 20.5. The molecule has 236 valence electrons. The normalized spacial score (nSPS) is 34.1. The van der Waals surface area contributed by atoms with E-state index in [2.05, 4.69) is 82.7 Å². The lowest BCUT2D eigenvalue weighted by Crippen LogP contribution is -2.48. The molecule has 0 aromatic rings. The summed E-state index contributed by atoms with van der Waals surface area (Å²) in [5, 5.41) is 10.6. The zero-order chi connectivity index (χ0) is 30.8. The van der Waals surface area contributed by atoms with Gasteiger partial charge < -0.3 is 14.3 Å². The van der Waals surface area contributed by atoms with E-state index in [9.17, 15) is 9.90 Å². The third kappa shape index (κ3) is 8.82. The van der Waals surface area contributed by atoms with Gasteiger partial charge in [0.2, 0.25) is 0 Å². The second-order valence-electron chi connectivity index (χ2n) is 16.2. The third-order valence-corrected chi connectivity index (χ3v) is 16.4. The summed E-state index contributed by atoms with van der Waals surface area (Å²) in [6.45, 7) is 22.7. The zero-order valence-electron chi connectivity index (χ0n) is 27.9. The average molecular weight is 654 g/mol. The monoisotopic (exact) mass is 652 g/mol. The summed E-state index contributed by atoms with van der Waals surface area (Å²) in [5.41, 5.74) is 2.80. The molecule has 0 heterocycles. The van der Waals surface area contributed by atoms with E-state index in [0.29, 0.717) is 23.2 Å². The number of carbonyl (C=O) groups excluding carboxylic acids is 1. The largest absolute Gasteiger partial charge is 0.461 e. The molecule has 0 spiro atoms. The molecule has 3 aliphatic rings. The molecule has 0 aromatic carbocycles. The Kier molecular flexibility index (Phi) is 11.7. The van der Waals surface area contributed by atoms with Crippen LogP contribution in [0.3, 0.4) is 0 Å². The highest BCUT2D eigenvalue weighted by atomic mass is 79.9. The SMILES string of the molecule is CC1C(=CC=C2CCC[C@@]3(C)C2CC[C@@H]3C(C)CCCC(C)(C)O)C[C@@H](OC(=O)CBr)C[C@@H]1O[Si](C)(C)C(C)(C)C. The van der Waals surface area contributed by atoms with Gasteiger partial charge in [-0.15, -0.1) is 0 Å². The van der Waals surface area contributed by atoms with Crippen molar-refractivity contribution in [1.29, 1.82) is 0 Å². The van der Waals surface area contributed by atoms with Gasteiger partial charge in [0.1, 0.15) is 11.4 Å². The van der Waals surface area contributed by atoms with E-state index in [4.69, 9.17) is 9.16 Å². The van der Waals surface area contributed by atoms with Crippen molar-refractivity contribution in [3.63, 3.8) is 0 Å². The van der Waals surface area contributed by atoms with Crippen LogP contribution in [0.2, 0.25) is 18.1 Å². The number of esters is 1. The predicted octanol–water partition coefficient (Wildman–Crippen LogP) is 9.76. The Morgan fingerprint density at radius 2 is 1.83 bits per heavy atom. The van der Waals surface area contributed by atoms with Crippen molar-refractivity contribution in [3.8, 4) is 0 Å². The molecule has 0 saturated heterocycles. The lowest BCUT2D eigenvalue weighted by molar-refractivity contribution is -0.148. The van der Waals surface area contributed by atoms with Crippen molar-refractivity contribution in [2.45, 2.75) is 156 Å². The molecule has 3 saturated carbocycles. The standard InChI is InChI=1S/C35H61BrO4Si/c1-24(13-11-19-34(6,7)38)29-17-18-30-26(14-12-20-35(29,30)8)15-16-27-21-28(39-32(37)23-36)22-31(25(27)2)40-41(9,10)33(3,4)5/h15-16,24-25,28-31,38H,11-14,17-23H2,1-10H3/t24?,25?,28-,29-,30?,31+,35-/m1/s1. The molecule has 3 unspecified atom stereocenters. The van der Waals surface area contributed by atoms with Crippen molar-refractivity contribution in [2.24, 2.45) is 29.1 Å². The molecule has 0 aromatic heterocycles. The van der Waals surface area contributed by atoms with Crippen molar-refractivity contribution < 1.29 is 19.1 Å². The van der Waals surface area contributed by atoms with Crippen molar-refractivity contribution in [1.82, 2.24) is 0 Å². The number of alkyl halides is 1. The number of hydrogen-bond acceptors (Lipinski definition) is 4. The van der Waals surface area contributed by atoms with Crippen molar-refractivity contribution in [3.05, 3.63) is 23.3 Å². The van der Waals surface area contributed by atoms with Crippen LogP contribution < -0.4 is 0 Å². The van der Waals surface area contributed by atoms with Crippen molar-refractivity contribution in [2.75, 3.05) is 5.33 Å². The Balaban J connectivity index is 1.80. The molecule has 0 radical (unpaired) electrons. The van der Waals surface area contributed by atoms with E-state index in [-0.39, 0.29) is 28.5 Å². The minimum atomic E-state index is -1.97. The topological polar surface area (TPSA) is 55.8 Å². The van der Waals surface area contributed by atoms with E-state index in [1.165, 1.54) is 44.1 Å². The lowest BCUT2D eigenvalue weighted by Gasteiger charge is -2.45. The van der Waals surface area contributed by atoms with Gasteiger partial charge in [-0.25, -0.2) is 0 Å². The number of hydrogen-bond donors (Lipinski definition) is 1. The number of fused-ring (bicyclic) bond motifs is 1. The Hall–Kier alpha value is -0.433. The highest BCUT2D eigenvalue weighted by Crippen LogP contribution is 2.60. The van der Waals surface area contributed by atoms with Gasteiger partial charge in [0.15, 0.2) is 8.32 Å². The predicted molar refractivity (Wildman–Crippen MR) is 178 cm³/mol. The van der Waals surface area contributed by atoms with Gasteiger partial charge in [0, 0.05) is 18.8 Å². The van der Waals surface area contributed by atoms with Crippen LogP contribution in [0.5, 0.6) is 0 Å². The van der Waals surface area contributed by atoms with Crippen LogP contribution in [0.25, 0.3) is 0 Å². The van der Waals surface area contributed by atoms with Gasteiger partial charge in [-0.3, -0.25) is 4.79 Å². The molecule has 41 heavy (non-hydrogen) atoms. The first-order chi connectivity index (χ1) is 18.9. The van der Waals surface area contributed by atoms with Gasteiger partial charge in [0.05, 0.1) is 11.7 Å². The minimum Gasteiger partial charge on any atom is -0.461 e. The average Bonchev–Trinajstić information content (AvgIpc) is 3.20. The molecule has 6 heteroatoms. The quantitative estimate of drug-likeness (QED) is 0.145. The molecular weight excluding hydrogens is 592 g/mol. The summed E-state index contributed by atoms with van der Waals surface area (Å²) in [6.07, 6.45) is 16.0.